The lowest BCUT2D eigenvalue weighted by Gasteiger charge is -2.38. The van der Waals surface area contributed by atoms with Gasteiger partial charge in [-0.2, -0.15) is 0 Å². The molecule has 1 N–H and O–H groups in total. The molecule has 1 aliphatic rings. The van der Waals surface area contributed by atoms with Crippen molar-refractivity contribution in [1.29, 1.82) is 0 Å². The van der Waals surface area contributed by atoms with Gasteiger partial charge in [-0.15, -0.1) is 0 Å². The van der Waals surface area contributed by atoms with Gasteiger partial charge >= 0.3 is 6.09 Å². The fourth-order valence-electron chi connectivity index (χ4n) is 2.09. The number of hydrogen-bond donors (Lipinski definition) is 1. The van der Waals surface area contributed by atoms with E-state index in [1.807, 2.05) is 12.1 Å². The second-order valence-electron chi connectivity index (χ2n) is 4.60. The Morgan fingerprint density at radius 1 is 1.56 bits per heavy atom. The number of amides is 1. The molecule has 98 valence electrons. The monoisotopic (exact) mass is 249 g/mol. The van der Waals surface area contributed by atoms with Crippen LogP contribution in [0, 0.1) is 5.92 Å². The van der Waals surface area contributed by atoms with E-state index in [1.54, 1.807) is 6.07 Å². The number of rotatable bonds is 4. The smallest absolute Gasteiger partial charge is 0.412 e. The molecule has 0 aromatic carbocycles. The van der Waals surface area contributed by atoms with Gasteiger partial charge in [0.15, 0.2) is 0 Å². The van der Waals surface area contributed by atoms with E-state index in [2.05, 4.69) is 26.9 Å². The number of hydrogen-bond acceptors (Lipinski definition) is 4. The van der Waals surface area contributed by atoms with Crippen molar-refractivity contribution in [2.75, 3.05) is 25.5 Å². The number of aromatic nitrogens is 1. The molecule has 18 heavy (non-hydrogen) atoms. The predicted octanol–water partition coefficient (Wildman–Crippen LogP) is 2.10. The highest BCUT2D eigenvalue weighted by atomic mass is 16.5. The zero-order valence-corrected chi connectivity index (χ0v) is 10.8. The molecule has 0 atom stereocenters. The summed E-state index contributed by atoms with van der Waals surface area (Å²) in [7, 11) is 1.34. The Morgan fingerprint density at radius 2 is 2.33 bits per heavy atom. The molecule has 0 unspecified atom stereocenters. The number of carbonyl (C=O) groups is 1. The minimum Gasteiger partial charge on any atom is -0.453 e. The summed E-state index contributed by atoms with van der Waals surface area (Å²) in [4.78, 5) is 17.8. The van der Waals surface area contributed by atoms with Crippen LogP contribution >= 0.6 is 0 Å². The second-order valence-corrected chi connectivity index (χ2v) is 4.60. The second kappa shape index (κ2) is 5.82. The molecule has 2 heterocycles. The molecule has 0 radical (unpaired) electrons. The number of likely N-dealkylation sites (tertiary alicyclic amines) is 1. The molecule has 1 amide bonds. The molecule has 1 fully saturated rings. The molecular formula is C13H19N3O2. The first-order chi connectivity index (χ1) is 8.71. The van der Waals surface area contributed by atoms with Crippen LogP contribution in [0.5, 0.6) is 0 Å². The van der Waals surface area contributed by atoms with E-state index in [0.29, 0.717) is 5.82 Å². The van der Waals surface area contributed by atoms with E-state index < -0.39 is 6.09 Å². The van der Waals surface area contributed by atoms with E-state index >= 15 is 0 Å². The zero-order chi connectivity index (χ0) is 13.0. The lowest BCUT2D eigenvalue weighted by atomic mass is 9.97. The van der Waals surface area contributed by atoms with E-state index in [-0.39, 0.29) is 0 Å². The first-order valence-electron chi connectivity index (χ1n) is 6.24. The highest BCUT2D eigenvalue weighted by Gasteiger charge is 2.24. The number of pyridine rings is 1. The summed E-state index contributed by atoms with van der Waals surface area (Å²) in [6.45, 7) is 5.36. The van der Waals surface area contributed by atoms with Crippen LogP contribution in [-0.2, 0) is 11.3 Å². The van der Waals surface area contributed by atoms with E-state index in [0.717, 1.165) is 31.2 Å². The Morgan fingerprint density at radius 3 is 3.00 bits per heavy atom. The van der Waals surface area contributed by atoms with E-state index in [1.165, 1.54) is 13.5 Å². The highest BCUT2D eigenvalue weighted by molar-refractivity contribution is 5.83. The van der Waals surface area contributed by atoms with Crippen molar-refractivity contribution < 1.29 is 9.53 Å². The first-order valence-corrected chi connectivity index (χ1v) is 6.24. The number of ether oxygens (including phenoxy) is 1. The summed E-state index contributed by atoms with van der Waals surface area (Å²) in [5.74, 6) is 1.37. The lowest BCUT2D eigenvalue weighted by Crippen LogP contribution is -2.45. The standard InChI is InChI=1S/C13H19N3O2/c1-3-10-7-16(8-10)9-11-5-4-6-12(14-11)15-13(17)18-2/h4-6,10H,3,7-9H2,1-2H3,(H,14,15,17). The SMILES string of the molecule is CCC1CN(Cc2cccc(NC(=O)OC)n2)C1. The van der Waals surface area contributed by atoms with Gasteiger partial charge in [-0.3, -0.25) is 10.2 Å². The summed E-state index contributed by atoms with van der Waals surface area (Å²) in [5, 5.41) is 2.57. The van der Waals surface area contributed by atoms with Gasteiger partial charge in [0.05, 0.1) is 12.8 Å². The van der Waals surface area contributed by atoms with Gasteiger partial charge in [0, 0.05) is 19.6 Å². The molecule has 1 saturated heterocycles. The number of nitrogens with one attached hydrogen (secondary N) is 1. The average Bonchev–Trinajstić information content (AvgIpc) is 2.33. The van der Waals surface area contributed by atoms with Crippen molar-refractivity contribution in [3.63, 3.8) is 0 Å². The van der Waals surface area contributed by atoms with E-state index in [4.69, 9.17) is 0 Å². The molecule has 1 aliphatic heterocycles. The minimum atomic E-state index is -0.491. The molecule has 0 saturated carbocycles. The van der Waals surface area contributed by atoms with Crippen LogP contribution in [0.25, 0.3) is 0 Å². The van der Waals surface area contributed by atoms with Crippen LogP contribution in [0.15, 0.2) is 18.2 Å². The summed E-state index contributed by atoms with van der Waals surface area (Å²) < 4.78 is 4.54. The van der Waals surface area contributed by atoms with Crippen LogP contribution in [0.1, 0.15) is 19.0 Å². The molecule has 1 aromatic rings. The summed E-state index contributed by atoms with van der Waals surface area (Å²) in [6.07, 6.45) is 0.753. The average molecular weight is 249 g/mol. The highest BCUT2D eigenvalue weighted by Crippen LogP contribution is 2.20. The number of methoxy groups -OCH3 is 1. The largest absolute Gasteiger partial charge is 0.453 e. The first kappa shape index (κ1) is 12.8. The molecule has 2 rings (SSSR count). The summed E-state index contributed by atoms with van der Waals surface area (Å²) in [5.41, 5.74) is 0.971. The topological polar surface area (TPSA) is 54.5 Å². The molecule has 0 bridgehead atoms. The Hall–Kier alpha value is -1.62. The van der Waals surface area contributed by atoms with Gasteiger partial charge in [0.25, 0.3) is 0 Å². The van der Waals surface area contributed by atoms with Crippen molar-refractivity contribution in [2.24, 2.45) is 5.92 Å². The van der Waals surface area contributed by atoms with Crippen molar-refractivity contribution in [1.82, 2.24) is 9.88 Å². The molecule has 1 aromatic heterocycles. The van der Waals surface area contributed by atoms with Crippen LogP contribution in [-0.4, -0.2) is 36.2 Å². The van der Waals surface area contributed by atoms with Crippen LogP contribution in [0.4, 0.5) is 10.6 Å². The Balaban J connectivity index is 1.89. The molecule has 0 aliphatic carbocycles. The Kier molecular flexibility index (Phi) is 4.15. The van der Waals surface area contributed by atoms with E-state index in [9.17, 15) is 4.79 Å². The predicted molar refractivity (Wildman–Crippen MR) is 69.3 cm³/mol. The van der Waals surface area contributed by atoms with Gasteiger partial charge in [-0.25, -0.2) is 9.78 Å². The molecule has 5 nitrogen and oxygen atoms in total. The third-order valence-corrected chi connectivity index (χ3v) is 3.22. The van der Waals surface area contributed by atoms with Crippen LogP contribution < -0.4 is 5.32 Å². The summed E-state index contributed by atoms with van der Waals surface area (Å²) in [6, 6.07) is 5.62. The van der Waals surface area contributed by atoms with Gasteiger partial charge in [-0.05, 0) is 18.1 Å². The molecule has 0 spiro atoms. The van der Waals surface area contributed by atoms with Gasteiger partial charge in [0.1, 0.15) is 5.82 Å². The fraction of sp³-hybridized carbons (Fsp3) is 0.538. The Labute approximate surface area is 107 Å². The van der Waals surface area contributed by atoms with Gasteiger partial charge in [-0.1, -0.05) is 19.4 Å². The zero-order valence-electron chi connectivity index (χ0n) is 10.8. The minimum absolute atomic E-state index is 0.491. The van der Waals surface area contributed by atoms with Gasteiger partial charge in [0.2, 0.25) is 0 Å². The maximum absolute atomic E-state index is 11.1. The molecule has 5 heteroatoms. The summed E-state index contributed by atoms with van der Waals surface area (Å²) >= 11 is 0. The fourth-order valence-corrected chi connectivity index (χ4v) is 2.09. The van der Waals surface area contributed by atoms with Crippen molar-refractivity contribution >= 4 is 11.9 Å². The maximum Gasteiger partial charge on any atom is 0.412 e. The lowest BCUT2D eigenvalue weighted by molar-refractivity contribution is 0.0885. The number of anilines is 1. The Bertz CT molecular complexity index is 416. The maximum atomic E-state index is 11.1. The number of nitrogens with zero attached hydrogens (tertiary/aromatic N) is 2. The quantitative estimate of drug-likeness (QED) is 0.888. The normalized spacial score (nSPS) is 16.1. The molecular weight excluding hydrogens is 230 g/mol. The number of carbonyl (C=O) groups excluding carboxylic acids is 1. The van der Waals surface area contributed by atoms with Crippen molar-refractivity contribution in [3.05, 3.63) is 23.9 Å². The van der Waals surface area contributed by atoms with Crippen molar-refractivity contribution in [3.8, 4) is 0 Å². The van der Waals surface area contributed by atoms with Crippen LogP contribution in [0.3, 0.4) is 0 Å². The third-order valence-electron chi connectivity index (χ3n) is 3.22. The van der Waals surface area contributed by atoms with Crippen molar-refractivity contribution in [2.45, 2.75) is 19.9 Å². The van der Waals surface area contributed by atoms with Crippen LogP contribution in [0.2, 0.25) is 0 Å². The van der Waals surface area contributed by atoms with Gasteiger partial charge < -0.3 is 4.74 Å². The third kappa shape index (κ3) is 3.20.